The second-order valence-electron chi connectivity index (χ2n) is 5.06. The first-order chi connectivity index (χ1) is 10.2. The van der Waals surface area contributed by atoms with Crippen LogP contribution in [0.2, 0.25) is 0 Å². The Kier molecular flexibility index (Phi) is 4.55. The highest BCUT2D eigenvalue weighted by molar-refractivity contribution is 7.11. The highest BCUT2D eigenvalue weighted by Gasteiger charge is 2.30. The first kappa shape index (κ1) is 16.5. The van der Waals surface area contributed by atoms with Gasteiger partial charge < -0.3 is 5.32 Å². The summed E-state index contributed by atoms with van der Waals surface area (Å²) in [7, 11) is 0. The Morgan fingerprint density at radius 1 is 1.45 bits per heavy atom. The van der Waals surface area contributed by atoms with Gasteiger partial charge in [-0.2, -0.15) is 18.3 Å². The van der Waals surface area contributed by atoms with E-state index in [1.165, 1.54) is 6.20 Å². The number of aromatic nitrogens is 3. The van der Waals surface area contributed by atoms with Crippen LogP contribution in [0.1, 0.15) is 40.3 Å². The van der Waals surface area contributed by atoms with Gasteiger partial charge in [-0.15, -0.1) is 11.3 Å². The van der Waals surface area contributed by atoms with Crippen LogP contribution in [0, 0.1) is 6.92 Å². The quantitative estimate of drug-likeness (QED) is 0.931. The zero-order valence-electron chi connectivity index (χ0n) is 12.2. The number of amides is 1. The number of hydrogen-bond acceptors (Lipinski definition) is 4. The van der Waals surface area contributed by atoms with E-state index in [0.717, 1.165) is 11.3 Å². The van der Waals surface area contributed by atoms with Crippen LogP contribution in [0.5, 0.6) is 0 Å². The molecule has 9 heteroatoms. The van der Waals surface area contributed by atoms with Gasteiger partial charge in [0.1, 0.15) is 10.7 Å². The van der Waals surface area contributed by atoms with Crippen LogP contribution < -0.4 is 5.32 Å². The maximum Gasteiger partial charge on any atom is 0.395 e. The van der Waals surface area contributed by atoms with Gasteiger partial charge in [-0.1, -0.05) is 0 Å². The van der Waals surface area contributed by atoms with Crippen molar-refractivity contribution in [2.75, 3.05) is 5.32 Å². The Labute approximate surface area is 129 Å². The Balaban J connectivity index is 2.12. The Hall–Kier alpha value is -1.90. The highest BCUT2D eigenvalue weighted by Crippen LogP contribution is 2.26. The zero-order valence-corrected chi connectivity index (χ0v) is 13.0. The fraction of sp³-hybridized carbons (Fsp3) is 0.462. The van der Waals surface area contributed by atoms with Gasteiger partial charge in [0.05, 0.1) is 18.3 Å². The fourth-order valence-corrected chi connectivity index (χ4v) is 2.75. The average Bonchev–Trinajstić information content (AvgIpc) is 2.94. The molecule has 2 aromatic heterocycles. The lowest BCUT2D eigenvalue weighted by molar-refractivity contribution is -0.127. The molecule has 0 aliphatic carbocycles. The molecule has 1 N–H and O–H groups in total. The number of rotatable bonds is 4. The number of carbonyl (C=O) groups is 1. The van der Waals surface area contributed by atoms with Crippen molar-refractivity contribution in [1.29, 1.82) is 0 Å². The SMILES string of the molecule is Cc1sc(CC(F)(F)F)nc1C(=O)Nc1cnn(C(C)C)c1. The third-order valence-corrected chi connectivity index (χ3v) is 3.77. The minimum absolute atomic E-state index is 0.0153. The molecule has 0 unspecified atom stereocenters. The number of alkyl halides is 3. The number of nitrogens with one attached hydrogen (secondary N) is 1. The van der Waals surface area contributed by atoms with Gasteiger partial charge in [-0.3, -0.25) is 9.48 Å². The van der Waals surface area contributed by atoms with Crippen molar-refractivity contribution in [3.63, 3.8) is 0 Å². The van der Waals surface area contributed by atoms with E-state index in [1.54, 1.807) is 17.8 Å². The van der Waals surface area contributed by atoms with Gasteiger partial charge in [0.2, 0.25) is 0 Å². The lowest BCUT2D eigenvalue weighted by Gasteiger charge is -2.03. The third-order valence-electron chi connectivity index (χ3n) is 2.80. The van der Waals surface area contributed by atoms with Crippen LogP contribution in [0.25, 0.3) is 0 Å². The predicted molar refractivity (Wildman–Crippen MR) is 77.2 cm³/mol. The molecule has 22 heavy (non-hydrogen) atoms. The zero-order chi connectivity index (χ0) is 16.5. The standard InChI is InChI=1S/C13H15F3N4OS/c1-7(2)20-6-9(5-17-20)18-12(21)11-8(3)22-10(19-11)4-13(14,15)16/h5-7H,4H2,1-3H3,(H,18,21). The third kappa shape index (κ3) is 4.06. The van der Waals surface area contributed by atoms with Gasteiger partial charge in [0, 0.05) is 17.1 Å². The normalized spacial score (nSPS) is 12.0. The second-order valence-corrected chi connectivity index (χ2v) is 6.35. The van der Waals surface area contributed by atoms with Crippen molar-refractivity contribution in [3.8, 4) is 0 Å². The van der Waals surface area contributed by atoms with E-state index in [4.69, 9.17) is 0 Å². The molecule has 120 valence electrons. The molecular formula is C13H15F3N4OS. The first-order valence-electron chi connectivity index (χ1n) is 6.54. The molecule has 2 rings (SSSR count). The largest absolute Gasteiger partial charge is 0.395 e. The van der Waals surface area contributed by atoms with E-state index < -0.39 is 18.5 Å². The summed E-state index contributed by atoms with van der Waals surface area (Å²) in [6.45, 7) is 5.45. The number of halogens is 3. The second kappa shape index (κ2) is 6.07. The maximum atomic E-state index is 12.4. The summed E-state index contributed by atoms with van der Waals surface area (Å²) in [5.41, 5.74) is 0.491. The number of hydrogen-bond donors (Lipinski definition) is 1. The minimum atomic E-state index is -4.34. The van der Waals surface area contributed by atoms with E-state index in [0.29, 0.717) is 10.6 Å². The van der Waals surface area contributed by atoms with E-state index in [-0.39, 0.29) is 16.7 Å². The molecule has 0 aliphatic rings. The topological polar surface area (TPSA) is 59.8 Å². The molecule has 2 heterocycles. The lowest BCUT2D eigenvalue weighted by Crippen LogP contribution is -2.14. The molecule has 1 amide bonds. The predicted octanol–water partition coefficient (Wildman–Crippen LogP) is 3.59. The van der Waals surface area contributed by atoms with E-state index in [1.807, 2.05) is 13.8 Å². The Morgan fingerprint density at radius 3 is 2.68 bits per heavy atom. The molecule has 0 spiro atoms. The lowest BCUT2D eigenvalue weighted by atomic mass is 10.3. The molecule has 0 saturated heterocycles. The number of carbonyl (C=O) groups excluding carboxylic acids is 1. The van der Waals surface area contributed by atoms with Crippen molar-refractivity contribution in [3.05, 3.63) is 28.0 Å². The molecule has 0 bridgehead atoms. The molecule has 0 aliphatic heterocycles. The number of thiazole rings is 1. The van der Waals surface area contributed by atoms with Gasteiger partial charge in [0.25, 0.3) is 5.91 Å². The van der Waals surface area contributed by atoms with E-state index in [9.17, 15) is 18.0 Å². The van der Waals surface area contributed by atoms with Crippen LogP contribution in [0.15, 0.2) is 12.4 Å². The summed E-state index contributed by atoms with van der Waals surface area (Å²) in [6.07, 6.45) is -2.33. The molecule has 2 aromatic rings. The first-order valence-corrected chi connectivity index (χ1v) is 7.36. The molecule has 0 radical (unpaired) electrons. The van der Waals surface area contributed by atoms with Crippen LogP contribution in [-0.2, 0) is 6.42 Å². The summed E-state index contributed by atoms with van der Waals surface area (Å²) < 4.78 is 38.8. The Bertz CT molecular complexity index is 675. The Morgan fingerprint density at radius 2 is 2.14 bits per heavy atom. The van der Waals surface area contributed by atoms with Crippen LogP contribution in [0.4, 0.5) is 18.9 Å². The monoisotopic (exact) mass is 332 g/mol. The molecular weight excluding hydrogens is 317 g/mol. The summed E-state index contributed by atoms with van der Waals surface area (Å²) in [6, 6.07) is 0.144. The van der Waals surface area contributed by atoms with Crippen LogP contribution in [-0.4, -0.2) is 26.8 Å². The van der Waals surface area contributed by atoms with Gasteiger partial charge >= 0.3 is 6.18 Å². The van der Waals surface area contributed by atoms with Gasteiger partial charge in [-0.05, 0) is 20.8 Å². The molecule has 0 saturated carbocycles. The van der Waals surface area contributed by atoms with Gasteiger partial charge in [0.15, 0.2) is 0 Å². The van der Waals surface area contributed by atoms with E-state index in [2.05, 4.69) is 15.4 Å². The van der Waals surface area contributed by atoms with Crippen molar-refractivity contribution in [2.24, 2.45) is 0 Å². The van der Waals surface area contributed by atoms with Crippen molar-refractivity contribution in [1.82, 2.24) is 14.8 Å². The average molecular weight is 332 g/mol. The molecule has 5 nitrogen and oxygen atoms in total. The maximum absolute atomic E-state index is 12.4. The smallest absolute Gasteiger partial charge is 0.318 e. The summed E-state index contributed by atoms with van der Waals surface area (Å²) >= 11 is 0.877. The number of aryl methyl sites for hydroxylation is 1. The molecule has 0 aromatic carbocycles. The fourth-order valence-electron chi connectivity index (χ4n) is 1.78. The summed E-state index contributed by atoms with van der Waals surface area (Å²) in [5, 5.41) is 6.55. The van der Waals surface area contributed by atoms with Crippen molar-refractivity contribution in [2.45, 2.75) is 39.4 Å². The molecule has 0 atom stereocenters. The number of anilines is 1. The molecule has 0 fully saturated rings. The van der Waals surface area contributed by atoms with Crippen molar-refractivity contribution < 1.29 is 18.0 Å². The van der Waals surface area contributed by atoms with E-state index >= 15 is 0 Å². The van der Waals surface area contributed by atoms with Crippen molar-refractivity contribution >= 4 is 22.9 Å². The van der Waals surface area contributed by atoms with Crippen LogP contribution in [0.3, 0.4) is 0 Å². The minimum Gasteiger partial charge on any atom is -0.318 e. The van der Waals surface area contributed by atoms with Crippen LogP contribution >= 0.6 is 11.3 Å². The highest BCUT2D eigenvalue weighted by atomic mass is 32.1. The summed E-state index contributed by atoms with van der Waals surface area (Å²) in [5.74, 6) is -0.537. The number of nitrogens with zero attached hydrogens (tertiary/aromatic N) is 3. The summed E-state index contributed by atoms with van der Waals surface area (Å²) in [4.78, 5) is 16.4. The van der Waals surface area contributed by atoms with Gasteiger partial charge in [-0.25, -0.2) is 4.98 Å².